The summed E-state index contributed by atoms with van der Waals surface area (Å²) in [6, 6.07) is 15.8. The van der Waals surface area contributed by atoms with E-state index in [1.54, 1.807) is 43.3 Å². The van der Waals surface area contributed by atoms with Crippen LogP contribution in [0.4, 0.5) is 10.8 Å². The van der Waals surface area contributed by atoms with Gasteiger partial charge in [0, 0.05) is 10.7 Å². The molecule has 8 heteroatoms. The van der Waals surface area contributed by atoms with E-state index in [2.05, 4.69) is 15.6 Å². The van der Waals surface area contributed by atoms with Crippen molar-refractivity contribution in [1.29, 1.82) is 0 Å². The molecule has 2 amide bonds. The Morgan fingerprint density at radius 3 is 2.48 bits per heavy atom. The zero-order chi connectivity index (χ0) is 19.2. The van der Waals surface area contributed by atoms with E-state index < -0.39 is 0 Å². The second kappa shape index (κ2) is 8.66. The summed E-state index contributed by atoms with van der Waals surface area (Å²) in [5, 5.41) is 6.35. The van der Waals surface area contributed by atoms with Gasteiger partial charge in [0.1, 0.15) is 10.6 Å². The first-order valence-corrected chi connectivity index (χ1v) is 9.23. The number of rotatable bonds is 6. The lowest BCUT2D eigenvalue weighted by Gasteiger charge is -2.05. The molecule has 0 bridgehead atoms. The molecular formula is C19H16ClN3O3S. The number of carbonyl (C=O) groups is 2. The molecule has 3 rings (SSSR count). The van der Waals surface area contributed by atoms with Crippen molar-refractivity contribution in [1.82, 2.24) is 4.98 Å². The van der Waals surface area contributed by atoms with Crippen LogP contribution >= 0.6 is 22.9 Å². The molecule has 3 aromatic rings. The number of hydrogen-bond donors (Lipinski definition) is 2. The van der Waals surface area contributed by atoms with Crippen LogP contribution in [0.2, 0.25) is 5.02 Å². The number of benzene rings is 2. The van der Waals surface area contributed by atoms with Crippen molar-refractivity contribution in [2.75, 3.05) is 17.2 Å². The Morgan fingerprint density at radius 1 is 1.07 bits per heavy atom. The smallest absolute Gasteiger partial charge is 0.267 e. The Labute approximate surface area is 165 Å². The van der Waals surface area contributed by atoms with E-state index in [0.717, 1.165) is 11.3 Å². The summed E-state index contributed by atoms with van der Waals surface area (Å²) in [5.41, 5.74) is 1.16. The van der Waals surface area contributed by atoms with Crippen LogP contribution in [0, 0.1) is 6.92 Å². The number of nitrogens with one attached hydrogen (secondary N) is 2. The maximum absolute atomic E-state index is 12.4. The van der Waals surface area contributed by atoms with Gasteiger partial charge in [-0.1, -0.05) is 41.1 Å². The molecule has 0 aliphatic rings. The van der Waals surface area contributed by atoms with Gasteiger partial charge in [-0.3, -0.25) is 14.9 Å². The number of ether oxygens (including phenoxy) is 1. The molecule has 0 unspecified atom stereocenters. The monoisotopic (exact) mass is 401 g/mol. The van der Waals surface area contributed by atoms with Gasteiger partial charge in [-0.2, -0.15) is 0 Å². The Morgan fingerprint density at radius 2 is 1.78 bits per heavy atom. The molecule has 27 heavy (non-hydrogen) atoms. The van der Waals surface area contributed by atoms with Gasteiger partial charge in [-0.25, -0.2) is 4.98 Å². The minimum absolute atomic E-state index is 0.144. The van der Waals surface area contributed by atoms with Gasteiger partial charge in [0.25, 0.3) is 11.8 Å². The highest BCUT2D eigenvalue weighted by molar-refractivity contribution is 7.17. The van der Waals surface area contributed by atoms with Crippen LogP contribution in [-0.2, 0) is 4.79 Å². The molecule has 0 aliphatic heterocycles. The van der Waals surface area contributed by atoms with Gasteiger partial charge in [0.15, 0.2) is 11.7 Å². The van der Waals surface area contributed by atoms with Gasteiger partial charge in [-0.05, 0) is 43.3 Å². The minimum atomic E-state index is -0.350. The van der Waals surface area contributed by atoms with Gasteiger partial charge in [0.05, 0.1) is 5.69 Å². The Hall–Kier alpha value is -2.90. The number of thiazole rings is 1. The third-order valence-corrected chi connectivity index (χ3v) is 4.79. The lowest BCUT2D eigenvalue weighted by Crippen LogP contribution is -2.20. The molecule has 1 heterocycles. The van der Waals surface area contributed by atoms with Crippen molar-refractivity contribution in [2.45, 2.75) is 6.92 Å². The van der Waals surface area contributed by atoms with Crippen LogP contribution < -0.4 is 15.4 Å². The highest BCUT2D eigenvalue weighted by Crippen LogP contribution is 2.24. The van der Waals surface area contributed by atoms with E-state index in [1.165, 1.54) is 0 Å². The maximum atomic E-state index is 12.4. The van der Waals surface area contributed by atoms with Gasteiger partial charge in [-0.15, -0.1) is 0 Å². The van der Waals surface area contributed by atoms with Crippen molar-refractivity contribution in [3.05, 3.63) is 70.2 Å². The fourth-order valence-corrected chi connectivity index (χ4v) is 3.21. The predicted molar refractivity (Wildman–Crippen MR) is 107 cm³/mol. The molecule has 0 saturated carbocycles. The van der Waals surface area contributed by atoms with Crippen molar-refractivity contribution >= 4 is 45.6 Å². The number of amides is 2. The van der Waals surface area contributed by atoms with Crippen LogP contribution in [-0.4, -0.2) is 23.4 Å². The van der Waals surface area contributed by atoms with E-state index in [1.807, 2.05) is 18.2 Å². The molecular weight excluding hydrogens is 386 g/mol. The van der Waals surface area contributed by atoms with Crippen LogP contribution in [0.3, 0.4) is 0 Å². The molecule has 0 fully saturated rings. The summed E-state index contributed by atoms with van der Waals surface area (Å²) < 4.78 is 5.39. The summed E-state index contributed by atoms with van der Waals surface area (Å²) in [6.45, 7) is 1.57. The molecule has 0 spiro atoms. The average molecular weight is 402 g/mol. The van der Waals surface area contributed by atoms with Crippen molar-refractivity contribution in [2.24, 2.45) is 0 Å². The Balaban J connectivity index is 1.59. The van der Waals surface area contributed by atoms with E-state index >= 15 is 0 Å². The first-order valence-electron chi connectivity index (χ1n) is 8.03. The molecule has 0 atom stereocenters. The number of aromatic nitrogens is 1. The van der Waals surface area contributed by atoms with Gasteiger partial charge in [0.2, 0.25) is 0 Å². The molecule has 6 nitrogen and oxygen atoms in total. The lowest BCUT2D eigenvalue weighted by molar-refractivity contribution is -0.118. The fourth-order valence-electron chi connectivity index (χ4n) is 2.20. The number of aryl methyl sites for hydroxylation is 1. The maximum Gasteiger partial charge on any atom is 0.267 e. The van der Waals surface area contributed by atoms with Crippen LogP contribution in [0.15, 0.2) is 54.6 Å². The van der Waals surface area contributed by atoms with Crippen molar-refractivity contribution in [3.63, 3.8) is 0 Å². The second-order valence-electron chi connectivity index (χ2n) is 5.54. The third kappa shape index (κ3) is 5.29. The molecule has 0 radical (unpaired) electrons. The number of para-hydroxylation sites is 1. The number of carbonyl (C=O) groups excluding carboxylic acids is 2. The van der Waals surface area contributed by atoms with Crippen molar-refractivity contribution < 1.29 is 14.3 Å². The van der Waals surface area contributed by atoms with Gasteiger partial charge >= 0.3 is 0 Å². The lowest BCUT2D eigenvalue weighted by atomic mass is 10.3. The van der Waals surface area contributed by atoms with Crippen LogP contribution in [0.25, 0.3) is 0 Å². The van der Waals surface area contributed by atoms with Crippen molar-refractivity contribution in [3.8, 4) is 5.75 Å². The third-order valence-electron chi connectivity index (χ3n) is 3.46. The predicted octanol–water partition coefficient (Wildman–Crippen LogP) is 4.37. The normalized spacial score (nSPS) is 10.3. The Kier molecular flexibility index (Phi) is 6.05. The van der Waals surface area contributed by atoms with Crippen LogP contribution in [0.1, 0.15) is 15.4 Å². The summed E-state index contributed by atoms with van der Waals surface area (Å²) in [5.74, 6) is -0.0448. The summed E-state index contributed by atoms with van der Waals surface area (Å²) in [7, 11) is 0. The standard InChI is InChI=1S/C19H16ClN3O3S/c1-12-17(18(25)22-14-9-7-13(20)8-10-14)27-19(21-12)23-16(24)11-26-15-5-3-2-4-6-15/h2-10H,11H2,1H3,(H,22,25)(H,21,23,24). The van der Waals surface area contributed by atoms with E-state index in [0.29, 0.717) is 32.2 Å². The first kappa shape index (κ1) is 18.9. The zero-order valence-electron chi connectivity index (χ0n) is 14.4. The molecule has 0 aliphatic carbocycles. The number of halogens is 1. The highest BCUT2D eigenvalue weighted by Gasteiger charge is 2.17. The number of hydrogen-bond acceptors (Lipinski definition) is 5. The topological polar surface area (TPSA) is 80.3 Å². The fraction of sp³-hybridized carbons (Fsp3) is 0.105. The summed E-state index contributed by atoms with van der Waals surface area (Å²) in [6.07, 6.45) is 0. The first-order chi connectivity index (χ1) is 13.0. The number of nitrogens with zero attached hydrogens (tertiary/aromatic N) is 1. The molecule has 0 saturated heterocycles. The highest BCUT2D eigenvalue weighted by atomic mass is 35.5. The summed E-state index contributed by atoms with van der Waals surface area (Å²) in [4.78, 5) is 29.1. The average Bonchev–Trinajstić information content (AvgIpc) is 3.03. The largest absolute Gasteiger partial charge is 0.484 e. The van der Waals surface area contributed by atoms with Crippen LogP contribution in [0.5, 0.6) is 5.75 Å². The second-order valence-corrected chi connectivity index (χ2v) is 6.98. The minimum Gasteiger partial charge on any atom is -0.484 e. The molecule has 2 N–H and O–H groups in total. The molecule has 2 aromatic carbocycles. The SMILES string of the molecule is Cc1nc(NC(=O)COc2ccccc2)sc1C(=O)Nc1ccc(Cl)cc1. The molecule has 1 aromatic heterocycles. The summed E-state index contributed by atoms with van der Waals surface area (Å²) >= 11 is 6.94. The molecule has 138 valence electrons. The van der Waals surface area contributed by atoms with E-state index in [9.17, 15) is 9.59 Å². The number of anilines is 2. The van der Waals surface area contributed by atoms with E-state index in [4.69, 9.17) is 16.3 Å². The van der Waals surface area contributed by atoms with E-state index in [-0.39, 0.29) is 18.4 Å². The zero-order valence-corrected chi connectivity index (χ0v) is 15.9. The van der Waals surface area contributed by atoms with Gasteiger partial charge < -0.3 is 10.1 Å². The quantitative estimate of drug-likeness (QED) is 0.642. The Bertz CT molecular complexity index is 943.